The monoisotopic (exact) mass is 558 g/mol. The second kappa shape index (κ2) is 12.0. The predicted octanol–water partition coefficient (Wildman–Crippen LogP) is 5.23. The van der Waals surface area contributed by atoms with Gasteiger partial charge in [-0.2, -0.15) is 4.98 Å². The highest BCUT2D eigenvalue weighted by atomic mass is 35.5. The molecule has 204 valence electrons. The van der Waals surface area contributed by atoms with E-state index < -0.39 is 6.03 Å². The lowest BCUT2D eigenvalue weighted by molar-refractivity contribution is 0.152. The highest BCUT2D eigenvalue weighted by Gasteiger charge is 2.22. The Bertz CT molecular complexity index is 1280. The van der Waals surface area contributed by atoms with Gasteiger partial charge in [0.05, 0.1) is 10.0 Å². The van der Waals surface area contributed by atoms with Crippen LogP contribution in [-0.2, 0) is 5.41 Å². The highest BCUT2D eigenvalue weighted by Crippen LogP contribution is 2.42. The number of nitrogens with zero attached hydrogens (tertiary/aromatic N) is 5. The third-order valence-corrected chi connectivity index (χ3v) is 7.36. The smallest absolute Gasteiger partial charge is 0.317 e. The molecule has 0 saturated carbocycles. The number of anilines is 2. The molecule has 1 aliphatic heterocycles. The number of fused-ring (bicyclic) bond motifs is 1. The topological polar surface area (TPSA) is 112 Å². The average molecular weight is 560 g/mol. The zero-order valence-electron chi connectivity index (χ0n) is 22.4. The summed E-state index contributed by atoms with van der Waals surface area (Å²) in [6.07, 6.45) is 3.81. The van der Waals surface area contributed by atoms with E-state index in [0.29, 0.717) is 38.2 Å². The van der Waals surface area contributed by atoms with Crippen molar-refractivity contribution >= 4 is 52.0 Å². The van der Waals surface area contributed by atoms with Crippen molar-refractivity contribution in [2.75, 3.05) is 56.9 Å². The van der Waals surface area contributed by atoms with Crippen LogP contribution in [0, 0.1) is 0 Å². The fourth-order valence-corrected chi connectivity index (χ4v) is 5.14. The van der Waals surface area contributed by atoms with E-state index in [4.69, 9.17) is 28.9 Å². The Balaban J connectivity index is 1.52. The van der Waals surface area contributed by atoms with Gasteiger partial charge in [-0.15, -0.1) is 0 Å². The average Bonchev–Trinajstić information content (AvgIpc) is 2.84. The summed E-state index contributed by atoms with van der Waals surface area (Å²) >= 11 is 13.4. The van der Waals surface area contributed by atoms with Crippen LogP contribution in [0.5, 0.6) is 0 Å². The van der Waals surface area contributed by atoms with Gasteiger partial charge in [-0.3, -0.25) is 5.32 Å². The molecule has 1 aromatic carbocycles. The molecule has 0 spiro atoms. The summed E-state index contributed by atoms with van der Waals surface area (Å²) in [4.78, 5) is 30.3. The number of unbranched alkanes of at least 4 members (excludes halogenated alkanes) is 1. The van der Waals surface area contributed by atoms with E-state index in [0.717, 1.165) is 57.7 Å². The van der Waals surface area contributed by atoms with Crippen LogP contribution in [-0.4, -0.2) is 77.1 Å². The van der Waals surface area contributed by atoms with E-state index in [9.17, 15) is 4.79 Å². The van der Waals surface area contributed by atoms with Gasteiger partial charge >= 0.3 is 6.03 Å². The Morgan fingerprint density at radius 2 is 1.74 bits per heavy atom. The summed E-state index contributed by atoms with van der Waals surface area (Å²) in [5.41, 5.74) is 7.83. The molecule has 4 N–H and O–H groups in total. The van der Waals surface area contributed by atoms with Gasteiger partial charge in [-0.05, 0) is 55.6 Å². The number of likely N-dealkylation sites (N-methyl/N-ethyl adjacent to an activating group) is 1. The summed E-state index contributed by atoms with van der Waals surface area (Å²) in [7, 11) is 2.17. The number of rotatable bonds is 8. The van der Waals surface area contributed by atoms with E-state index in [2.05, 4.69) is 63.2 Å². The van der Waals surface area contributed by atoms with E-state index >= 15 is 0 Å². The van der Waals surface area contributed by atoms with Crippen LogP contribution >= 0.6 is 23.2 Å². The minimum absolute atomic E-state index is 0.135. The van der Waals surface area contributed by atoms with Gasteiger partial charge in [-0.1, -0.05) is 44.0 Å². The quantitative estimate of drug-likeness (QED) is 0.324. The van der Waals surface area contributed by atoms with Crippen molar-refractivity contribution in [3.05, 3.63) is 40.0 Å². The predicted molar refractivity (Wildman–Crippen MR) is 156 cm³/mol. The number of hydrogen-bond donors (Lipinski definition) is 3. The minimum Gasteiger partial charge on any atom is -0.354 e. The minimum atomic E-state index is -0.746. The molecule has 0 bridgehead atoms. The maximum Gasteiger partial charge on any atom is 0.317 e. The van der Waals surface area contributed by atoms with Gasteiger partial charge in [0.25, 0.3) is 0 Å². The summed E-state index contributed by atoms with van der Waals surface area (Å²) in [6, 6.07) is 4.84. The van der Waals surface area contributed by atoms with Gasteiger partial charge < -0.3 is 20.9 Å². The molecular weight excluding hydrogens is 523 g/mol. The third kappa shape index (κ3) is 7.02. The lowest BCUT2D eigenvalue weighted by Gasteiger charge is -2.32. The summed E-state index contributed by atoms with van der Waals surface area (Å²) < 4.78 is 0. The lowest BCUT2D eigenvalue weighted by Crippen LogP contribution is -2.44. The largest absolute Gasteiger partial charge is 0.354 e. The number of nitrogens with two attached hydrogens (primary N) is 1. The molecule has 1 saturated heterocycles. The van der Waals surface area contributed by atoms with Crippen molar-refractivity contribution in [2.24, 2.45) is 5.73 Å². The molecule has 0 radical (unpaired) electrons. The van der Waals surface area contributed by atoms with E-state index in [1.54, 1.807) is 6.20 Å². The molecule has 38 heavy (non-hydrogen) atoms. The Morgan fingerprint density at radius 3 is 2.37 bits per heavy atom. The van der Waals surface area contributed by atoms with Crippen LogP contribution < -0.4 is 16.4 Å². The molecule has 11 heteroatoms. The molecule has 0 atom stereocenters. The Morgan fingerprint density at radius 1 is 1.05 bits per heavy atom. The van der Waals surface area contributed by atoms with Crippen LogP contribution in [0.3, 0.4) is 0 Å². The van der Waals surface area contributed by atoms with Crippen molar-refractivity contribution in [3.8, 4) is 11.1 Å². The number of primary amides is 1. The van der Waals surface area contributed by atoms with E-state index in [1.165, 1.54) is 0 Å². The van der Waals surface area contributed by atoms with Crippen molar-refractivity contribution in [1.29, 1.82) is 0 Å². The SMILES string of the molecule is CN1CCN(CCCCNc2ncc3cc(-c4c(Cl)cc(C(C)(C)C)cc4Cl)c(NC(N)=O)nc3n2)CC1. The van der Waals surface area contributed by atoms with Gasteiger partial charge in [0.2, 0.25) is 5.95 Å². The number of piperazine rings is 1. The van der Waals surface area contributed by atoms with Crippen molar-refractivity contribution in [2.45, 2.75) is 39.0 Å². The van der Waals surface area contributed by atoms with Crippen LogP contribution in [0.1, 0.15) is 39.2 Å². The van der Waals surface area contributed by atoms with E-state index in [1.807, 2.05) is 18.2 Å². The number of carbonyl (C=O) groups is 1. The first-order chi connectivity index (χ1) is 18.0. The van der Waals surface area contributed by atoms with Crippen molar-refractivity contribution < 1.29 is 4.79 Å². The van der Waals surface area contributed by atoms with Crippen LogP contribution in [0.15, 0.2) is 24.4 Å². The number of hydrogen-bond acceptors (Lipinski definition) is 7. The number of aromatic nitrogens is 3. The zero-order valence-corrected chi connectivity index (χ0v) is 24.0. The molecule has 1 fully saturated rings. The molecule has 2 aromatic heterocycles. The Kier molecular flexibility index (Phi) is 8.92. The Hall–Kier alpha value is -2.72. The number of urea groups is 1. The molecule has 4 rings (SSSR count). The van der Waals surface area contributed by atoms with Gasteiger partial charge in [0.15, 0.2) is 5.65 Å². The molecule has 3 heterocycles. The first-order valence-corrected chi connectivity index (χ1v) is 13.7. The molecule has 3 aromatic rings. The third-order valence-electron chi connectivity index (χ3n) is 6.77. The number of nitrogens with one attached hydrogen (secondary N) is 2. The second-order valence-corrected chi connectivity index (χ2v) is 11.6. The number of halogens is 2. The van der Waals surface area contributed by atoms with E-state index in [-0.39, 0.29) is 11.2 Å². The second-order valence-electron chi connectivity index (χ2n) is 10.8. The molecule has 1 aliphatic rings. The molecule has 2 amide bonds. The highest BCUT2D eigenvalue weighted by molar-refractivity contribution is 6.39. The molecule has 0 aliphatic carbocycles. The number of benzene rings is 1. The maximum atomic E-state index is 11.8. The molecular formula is C27H36Cl2N8O. The fourth-order valence-electron chi connectivity index (χ4n) is 4.45. The Labute approximate surface area is 234 Å². The zero-order chi connectivity index (χ0) is 27.4. The summed E-state index contributed by atoms with van der Waals surface area (Å²) in [6.45, 7) is 12.6. The number of carbonyl (C=O) groups excluding carboxylic acids is 1. The van der Waals surface area contributed by atoms with Crippen molar-refractivity contribution in [3.63, 3.8) is 0 Å². The van der Waals surface area contributed by atoms with Crippen LogP contribution in [0.2, 0.25) is 10.0 Å². The van der Waals surface area contributed by atoms with Gasteiger partial charge in [0, 0.05) is 55.4 Å². The molecule has 9 nitrogen and oxygen atoms in total. The first-order valence-electron chi connectivity index (χ1n) is 12.9. The van der Waals surface area contributed by atoms with Gasteiger partial charge in [0.1, 0.15) is 5.82 Å². The van der Waals surface area contributed by atoms with Gasteiger partial charge in [-0.25, -0.2) is 14.8 Å². The number of amides is 2. The fraction of sp³-hybridized carbons (Fsp3) is 0.481. The first kappa shape index (κ1) is 28.3. The summed E-state index contributed by atoms with van der Waals surface area (Å²) in [5, 5.41) is 7.47. The maximum absolute atomic E-state index is 11.8. The normalized spacial score (nSPS) is 15.1. The standard InChI is InChI=1S/C27H36Cl2N8O/c1-27(2,3)18-14-20(28)22(21(29)15-18)19-13-17-16-32-26(35-23(17)33-24(19)34-25(30)38)31-7-5-6-8-37-11-9-36(4)10-12-37/h13-16H,5-12H2,1-4H3,(H4,30,31,32,33,34,35,38). The van der Waals surface area contributed by atoms with Crippen LogP contribution in [0.4, 0.5) is 16.6 Å². The van der Waals surface area contributed by atoms with Crippen molar-refractivity contribution in [1.82, 2.24) is 24.8 Å². The molecule has 0 unspecified atom stereocenters. The summed E-state index contributed by atoms with van der Waals surface area (Å²) in [5.74, 6) is 0.710. The number of pyridine rings is 1. The van der Waals surface area contributed by atoms with Crippen LogP contribution in [0.25, 0.3) is 22.2 Å². The lowest BCUT2D eigenvalue weighted by atomic mass is 9.86.